The first-order valence-corrected chi connectivity index (χ1v) is 6.21. The van der Waals surface area contributed by atoms with Gasteiger partial charge in [0.2, 0.25) is 0 Å². The van der Waals surface area contributed by atoms with Gasteiger partial charge in [-0.15, -0.1) is 0 Å². The van der Waals surface area contributed by atoms with E-state index < -0.39 is 5.60 Å². The molecule has 0 amide bonds. The molecule has 1 aliphatic rings. The first kappa shape index (κ1) is 10.5. The van der Waals surface area contributed by atoms with E-state index in [4.69, 9.17) is 5.26 Å². The highest BCUT2D eigenvalue weighted by Crippen LogP contribution is 2.35. The fourth-order valence-corrected chi connectivity index (χ4v) is 3.02. The molecule has 0 spiro atoms. The van der Waals surface area contributed by atoms with E-state index in [0.29, 0.717) is 5.56 Å². The number of nitrogens with zero attached hydrogens (tertiary/aromatic N) is 1. The zero-order chi connectivity index (χ0) is 10.7. The molecule has 0 unspecified atom stereocenters. The Kier molecular flexibility index (Phi) is 2.99. The molecule has 78 valence electrons. The summed E-state index contributed by atoms with van der Waals surface area (Å²) in [5.74, 6) is 2.02. The Bertz CT molecular complexity index is 374. The van der Waals surface area contributed by atoms with Crippen molar-refractivity contribution in [1.82, 2.24) is 0 Å². The predicted molar refractivity (Wildman–Crippen MR) is 61.6 cm³/mol. The minimum absolute atomic E-state index is 0.646. The summed E-state index contributed by atoms with van der Waals surface area (Å²) in [7, 11) is 0. The van der Waals surface area contributed by atoms with Crippen molar-refractivity contribution in [3.8, 4) is 6.07 Å². The Morgan fingerprint density at radius 2 is 1.80 bits per heavy atom. The molecule has 1 fully saturated rings. The van der Waals surface area contributed by atoms with Crippen LogP contribution in [0.2, 0.25) is 0 Å². The third-order valence-corrected chi connectivity index (χ3v) is 3.86. The van der Waals surface area contributed by atoms with Gasteiger partial charge in [-0.2, -0.15) is 17.0 Å². The van der Waals surface area contributed by atoms with Crippen LogP contribution in [-0.2, 0) is 5.60 Å². The van der Waals surface area contributed by atoms with Gasteiger partial charge in [0.15, 0.2) is 0 Å². The lowest BCUT2D eigenvalue weighted by atomic mass is 9.88. The Hall–Kier alpha value is -0.980. The van der Waals surface area contributed by atoms with Crippen molar-refractivity contribution >= 4 is 11.8 Å². The van der Waals surface area contributed by atoms with Crippen LogP contribution in [0.1, 0.15) is 24.0 Å². The van der Waals surface area contributed by atoms with Crippen LogP contribution >= 0.6 is 11.8 Å². The minimum atomic E-state index is -0.667. The third-order valence-electron chi connectivity index (χ3n) is 2.87. The van der Waals surface area contributed by atoms with Crippen LogP contribution in [0, 0.1) is 11.3 Å². The molecule has 0 bridgehead atoms. The van der Waals surface area contributed by atoms with Gasteiger partial charge in [-0.3, -0.25) is 0 Å². The zero-order valence-electron chi connectivity index (χ0n) is 8.44. The lowest BCUT2D eigenvalue weighted by molar-refractivity contribution is 0.0281. The molecule has 1 heterocycles. The molecule has 0 aromatic heterocycles. The normalized spacial score (nSPS) is 19.5. The van der Waals surface area contributed by atoms with Crippen molar-refractivity contribution in [2.45, 2.75) is 18.4 Å². The van der Waals surface area contributed by atoms with E-state index in [0.717, 1.165) is 29.9 Å². The largest absolute Gasteiger partial charge is 0.385 e. The number of aliphatic hydroxyl groups is 1. The summed E-state index contributed by atoms with van der Waals surface area (Å²) in [6, 6.07) is 9.37. The highest BCUT2D eigenvalue weighted by Gasteiger charge is 2.31. The summed E-state index contributed by atoms with van der Waals surface area (Å²) in [6.07, 6.45) is 1.62. The van der Waals surface area contributed by atoms with Crippen LogP contribution in [0.4, 0.5) is 0 Å². The van der Waals surface area contributed by atoms with Gasteiger partial charge >= 0.3 is 0 Å². The summed E-state index contributed by atoms with van der Waals surface area (Å²) in [5.41, 5.74) is 0.925. The second-order valence-electron chi connectivity index (χ2n) is 3.83. The van der Waals surface area contributed by atoms with Crippen LogP contribution in [0.5, 0.6) is 0 Å². The number of rotatable bonds is 1. The van der Waals surface area contributed by atoms with Crippen molar-refractivity contribution in [3.05, 3.63) is 35.4 Å². The molecule has 0 radical (unpaired) electrons. The topological polar surface area (TPSA) is 44.0 Å². The number of thioether (sulfide) groups is 1. The molecule has 0 aliphatic carbocycles. The standard InChI is InChI=1S/C12H13NOS/c13-9-10-1-3-11(4-2-10)12(14)5-7-15-8-6-12/h1-4,14H,5-8H2. The quantitative estimate of drug-likeness (QED) is 0.788. The minimum Gasteiger partial charge on any atom is -0.385 e. The first-order valence-electron chi connectivity index (χ1n) is 5.05. The maximum atomic E-state index is 10.4. The summed E-state index contributed by atoms with van der Waals surface area (Å²) >= 11 is 1.89. The molecule has 1 aromatic rings. The third kappa shape index (κ3) is 2.17. The molecule has 1 aromatic carbocycles. The van der Waals surface area contributed by atoms with Gasteiger partial charge in [-0.1, -0.05) is 12.1 Å². The van der Waals surface area contributed by atoms with Gasteiger partial charge in [-0.05, 0) is 42.0 Å². The molecular formula is C12H13NOS. The highest BCUT2D eigenvalue weighted by molar-refractivity contribution is 7.99. The summed E-state index contributed by atoms with van der Waals surface area (Å²) < 4.78 is 0. The maximum absolute atomic E-state index is 10.4. The maximum Gasteiger partial charge on any atom is 0.0991 e. The smallest absolute Gasteiger partial charge is 0.0991 e. The van der Waals surface area contributed by atoms with Crippen LogP contribution in [0.15, 0.2) is 24.3 Å². The Balaban J connectivity index is 2.24. The predicted octanol–water partition coefficient (Wildman–Crippen LogP) is 2.27. The lowest BCUT2D eigenvalue weighted by Gasteiger charge is -2.32. The summed E-state index contributed by atoms with van der Waals surface area (Å²) in [6.45, 7) is 0. The second-order valence-corrected chi connectivity index (χ2v) is 5.06. The average molecular weight is 219 g/mol. The molecule has 1 aliphatic heterocycles. The second kappa shape index (κ2) is 4.26. The van der Waals surface area contributed by atoms with Crippen molar-refractivity contribution in [2.75, 3.05) is 11.5 Å². The molecule has 3 heteroatoms. The Morgan fingerprint density at radius 3 is 2.33 bits per heavy atom. The molecule has 2 rings (SSSR count). The highest BCUT2D eigenvalue weighted by atomic mass is 32.2. The zero-order valence-corrected chi connectivity index (χ0v) is 9.26. The van der Waals surface area contributed by atoms with Crippen molar-refractivity contribution in [2.24, 2.45) is 0 Å². The Morgan fingerprint density at radius 1 is 1.20 bits per heavy atom. The van der Waals surface area contributed by atoms with Crippen molar-refractivity contribution < 1.29 is 5.11 Å². The van der Waals surface area contributed by atoms with Gasteiger partial charge in [0.05, 0.1) is 17.2 Å². The molecule has 0 atom stereocenters. The van der Waals surface area contributed by atoms with E-state index in [-0.39, 0.29) is 0 Å². The molecule has 2 nitrogen and oxygen atoms in total. The Labute approximate surface area is 93.9 Å². The number of benzene rings is 1. The van der Waals surface area contributed by atoms with Gasteiger partial charge in [0, 0.05) is 0 Å². The monoisotopic (exact) mass is 219 g/mol. The fourth-order valence-electron chi connectivity index (χ4n) is 1.85. The lowest BCUT2D eigenvalue weighted by Crippen LogP contribution is -2.30. The molecule has 1 N–H and O–H groups in total. The number of hydrogen-bond donors (Lipinski definition) is 1. The van der Waals surface area contributed by atoms with E-state index in [9.17, 15) is 5.11 Å². The van der Waals surface area contributed by atoms with Gasteiger partial charge in [0.1, 0.15) is 0 Å². The van der Waals surface area contributed by atoms with Gasteiger partial charge in [0.25, 0.3) is 0 Å². The van der Waals surface area contributed by atoms with Gasteiger partial charge in [-0.25, -0.2) is 0 Å². The van der Waals surface area contributed by atoms with E-state index >= 15 is 0 Å². The van der Waals surface area contributed by atoms with E-state index in [1.165, 1.54) is 0 Å². The number of nitriles is 1. The first-order chi connectivity index (χ1) is 7.24. The average Bonchev–Trinajstić information content (AvgIpc) is 2.30. The summed E-state index contributed by atoms with van der Waals surface area (Å²) in [5, 5.41) is 19.1. The van der Waals surface area contributed by atoms with Crippen LogP contribution in [0.3, 0.4) is 0 Å². The molecule has 15 heavy (non-hydrogen) atoms. The molecule has 0 saturated carbocycles. The molecule has 1 saturated heterocycles. The SMILES string of the molecule is N#Cc1ccc(C2(O)CCSCC2)cc1. The van der Waals surface area contributed by atoms with Crippen molar-refractivity contribution in [3.63, 3.8) is 0 Å². The molecular weight excluding hydrogens is 206 g/mol. The van der Waals surface area contributed by atoms with Crippen molar-refractivity contribution in [1.29, 1.82) is 5.26 Å². The van der Waals surface area contributed by atoms with Crippen LogP contribution in [-0.4, -0.2) is 16.6 Å². The van der Waals surface area contributed by atoms with Crippen LogP contribution < -0.4 is 0 Å². The summed E-state index contributed by atoms with van der Waals surface area (Å²) in [4.78, 5) is 0. The fraction of sp³-hybridized carbons (Fsp3) is 0.417. The van der Waals surface area contributed by atoms with Crippen LogP contribution in [0.25, 0.3) is 0 Å². The number of hydrogen-bond acceptors (Lipinski definition) is 3. The van der Waals surface area contributed by atoms with Gasteiger partial charge < -0.3 is 5.11 Å². The van der Waals surface area contributed by atoms with E-state index in [2.05, 4.69) is 6.07 Å². The van der Waals surface area contributed by atoms with E-state index in [1.807, 2.05) is 23.9 Å². The van der Waals surface area contributed by atoms with E-state index in [1.54, 1.807) is 12.1 Å².